The molecule has 104 valence electrons. The van der Waals surface area contributed by atoms with Crippen molar-refractivity contribution in [3.8, 4) is 6.07 Å². The van der Waals surface area contributed by atoms with Gasteiger partial charge in [0.2, 0.25) is 10.0 Å². The highest BCUT2D eigenvalue weighted by atomic mass is 79.9. The fraction of sp³-hybridized carbons (Fsp3) is 0.167. The highest BCUT2D eigenvalue weighted by Gasteiger charge is 2.18. The van der Waals surface area contributed by atoms with Crippen molar-refractivity contribution in [2.45, 2.75) is 11.3 Å². The molecule has 0 radical (unpaired) electrons. The zero-order valence-electron chi connectivity index (χ0n) is 10.2. The van der Waals surface area contributed by atoms with Gasteiger partial charge >= 0.3 is 0 Å². The smallest absolute Gasteiger partial charge is 0.243 e. The molecular weight excluding hydrogens is 362 g/mol. The predicted octanol–water partition coefficient (Wildman–Crippen LogP) is 2.30. The lowest BCUT2D eigenvalue weighted by atomic mass is 10.3. The van der Waals surface area contributed by atoms with Crippen molar-refractivity contribution in [1.29, 1.82) is 5.26 Å². The van der Waals surface area contributed by atoms with E-state index < -0.39 is 10.0 Å². The molecule has 0 spiro atoms. The summed E-state index contributed by atoms with van der Waals surface area (Å²) in [5.74, 6) is 0. The molecule has 0 saturated heterocycles. The molecule has 0 fully saturated rings. The maximum Gasteiger partial charge on any atom is 0.243 e. The second-order valence-corrected chi connectivity index (χ2v) is 8.10. The first-order valence-corrected chi connectivity index (χ1v) is 8.71. The van der Waals surface area contributed by atoms with E-state index in [0.29, 0.717) is 6.42 Å². The van der Waals surface area contributed by atoms with Gasteiger partial charge in [-0.3, -0.25) is 0 Å². The van der Waals surface area contributed by atoms with Crippen molar-refractivity contribution in [3.05, 3.63) is 44.8 Å². The van der Waals surface area contributed by atoms with Crippen LogP contribution in [0.2, 0.25) is 0 Å². The van der Waals surface area contributed by atoms with Gasteiger partial charge in [-0.1, -0.05) is 0 Å². The van der Waals surface area contributed by atoms with Gasteiger partial charge in [0.05, 0.1) is 3.79 Å². The van der Waals surface area contributed by atoms with E-state index in [9.17, 15) is 8.42 Å². The molecule has 2 heterocycles. The molecule has 2 aromatic heterocycles. The van der Waals surface area contributed by atoms with Crippen LogP contribution < -0.4 is 4.72 Å². The molecule has 0 amide bonds. The number of pyridine rings is 1. The average molecular weight is 372 g/mol. The van der Waals surface area contributed by atoms with Crippen molar-refractivity contribution in [3.63, 3.8) is 0 Å². The molecule has 0 aliphatic carbocycles. The van der Waals surface area contributed by atoms with Crippen LogP contribution in [0.5, 0.6) is 0 Å². The summed E-state index contributed by atoms with van der Waals surface area (Å²) in [5.41, 5.74) is -0.0983. The minimum atomic E-state index is -3.71. The van der Waals surface area contributed by atoms with Gasteiger partial charge in [-0.15, -0.1) is 11.3 Å². The SMILES string of the molecule is N#Cc1ncccc1S(=O)(=O)NCCc1ccc(Br)s1. The summed E-state index contributed by atoms with van der Waals surface area (Å²) >= 11 is 4.91. The first-order valence-electron chi connectivity index (χ1n) is 5.62. The van der Waals surface area contributed by atoms with E-state index in [1.54, 1.807) is 17.4 Å². The van der Waals surface area contributed by atoms with Crippen LogP contribution in [-0.2, 0) is 16.4 Å². The molecule has 0 saturated carbocycles. The maximum atomic E-state index is 12.1. The lowest BCUT2D eigenvalue weighted by Gasteiger charge is -2.06. The molecule has 0 aliphatic heterocycles. The van der Waals surface area contributed by atoms with Gasteiger partial charge in [0.25, 0.3) is 0 Å². The second kappa shape index (κ2) is 6.45. The summed E-state index contributed by atoms with van der Waals surface area (Å²) in [6, 6.07) is 8.50. The third-order valence-corrected chi connectivity index (χ3v) is 5.63. The molecule has 2 aromatic rings. The first kappa shape index (κ1) is 15.1. The normalized spacial score (nSPS) is 11.2. The Morgan fingerprint density at radius 2 is 2.20 bits per heavy atom. The van der Waals surface area contributed by atoms with E-state index in [1.165, 1.54) is 18.3 Å². The third kappa shape index (κ3) is 3.64. The first-order chi connectivity index (χ1) is 9.53. The van der Waals surface area contributed by atoms with E-state index in [0.717, 1.165) is 8.66 Å². The van der Waals surface area contributed by atoms with Gasteiger partial charge in [0, 0.05) is 17.6 Å². The molecule has 8 heteroatoms. The zero-order chi connectivity index (χ0) is 14.6. The Balaban J connectivity index is 2.06. The Kier molecular flexibility index (Phi) is 4.88. The highest BCUT2D eigenvalue weighted by Crippen LogP contribution is 2.22. The number of nitrogens with one attached hydrogen (secondary N) is 1. The number of halogens is 1. The Morgan fingerprint density at radius 3 is 2.85 bits per heavy atom. The number of hydrogen-bond donors (Lipinski definition) is 1. The Hall–Kier alpha value is -1.27. The third-order valence-electron chi connectivity index (χ3n) is 2.46. The van der Waals surface area contributed by atoms with Gasteiger partial charge < -0.3 is 0 Å². The van der Waals surface area contributed by atoms with Crippen LogP contribution in [-0.4, -0.2) is 19.9 Å². The summed E-state index contributed by atoms with van der Waals surface area (Å²) in [4.78, 5) is 4.74. The minimum absolute atomic E-state index is 0.0881. The van der Waals surface area contributed by atoms with E-state index in [2.05, 4.69) is 25.6 Å². The summed E-state index contributed by atoms with van der Waals surface area (Å²) in [7, 11) is -3.71. The molecule has 20 heavy (non-hydrogen) atoms. The van der Waals surface area contributed by atoms with Crippen molar-refractivity contribution in [2.24, 2.45) is 0 Å². The highest BCUT2D eigenvalue weighted by molar-refractivity contribution is 9.11. The number of aromatic nitrogens is 1. The fourth-order valence-corrected chi connectivity index (χ4v) is 4.18. The molecule has 5 nitrogen and oxygen atoms in total. The van der Waals surface area contributed by atoms with E-state index in [-0.39, 0.29) is 17.1 Å². The van der Waals surface area contributed by atoms with Crippen LogP contribution >= 0.6 is 27.3 Å². The molecule has 0 bridgehead atoms. The summed E-state index contributed by atoms with van der Waals surface area (Å²) in [5, 5.41) is 8.88. The van der Waals surface area contributed by atoms with Crippen LogP contribution in [0.15, 0.2) is 39.1 Å². The number of thiophene rings is 1. The van der Waals surface area contributed by atoms with Crippen molar-refractivity contribution < 1.29 is 8.42 Å². The van der Waals surface area contributed by atoms with Crippen molar-refractivity contribution in [1.82, 2.24) is 9.71 Å². The van der Waals surface area contributed by atoms with Crippen LogP contribution in [0.1, 0.15) is 10.6 Å². The number of hydrogen-bond acceptors (Lipinski definition) is 5. The van der Waals surface area contributed by atoms with Gasteiger partial charge in [-0.05, 0) is 46.6 Å². The molecule has 2 rings (SSSR count). The Morgan fingerprint density at radius 1 is 1.40 bits per heavy atom. The monoisotopic (exact) mass is 371 g/mol. The maximum absolute atomic E-state index is 12.1. The Labute approximate surface area is 129 Å². The molecule has 1 N–H and O–H groups in total. The van der Waals surface area contributed by atoms with Crippen molar-refractivity contribution in [2.75, 3.05) is 6.54 Å². The van der Waals surface area contributed by atoms with E-state index >= 15 is 0 Å². The van der Waals surface area contributed by atoms with Gasteiger partial charge in [0.15, 0.2) is 5.69 Å². The number of sulfonamides is 1. The zero-order valence-corrected chi connectivity index (χ0v) is 13.4. The molecule has 0 unspecified atom stereocenters. The van der Waals surface area contributed by atoms with Crippen LogP contribution in [0, 0.1) is 11.3 Å². The predicted molar refractivity (Wildman–Crippen MR) is 79.9 cm³/mol. The number of nitrogens with zero attached hydrogens (tertiary/aromatic N) is 2. The van der Waals surface area contributed by atoms with Crippen LogP contribution in [0.3, 0.4) is 0 Å². The molecule has 0 aliphatic rings. The largest absolute Gasteiger partial charge is 0.244 e. The van der Waals surface area contributed by atoms with E-state index in [4.69, 9.17) is 5.26 Å². The standard InChI is InChI=1S/C12H10BrN3O2S2/c13-12-4-3-9(19-12)5-7-16-20(17,18)11-2-1-6-15-10(11)8-14/h1-4,6,16H,5,7H2. The lowest BCUT2D eigenvalue weighted by molar-refractivity contribution is 0.581. The summed E-state index contributed by atoms with van der Waals surface area (Å²) in [6.45, 7) is 0.273. The van der Waals surface area contributed by atoms with Crippen LogP contribution in [0.25, 0.3) is 0 Å². The summed E-state index contributed by atoms with van der Waals surface area (Å²) < 4.78 is 27.7. The minimum Gasteiger partial charge on any atom is -0.244 e. The topological polar surface area (TPSA) is 82.8 Å². The summed E-state index contributed by atoms with van der Waals surface area (Å²) in [6.07, 6.45) is 1.98. The quantitative estimate of drug-likeness (QED) is 0.873. The average Bonchev–Trinajstić information content (AvgIpc) is 2.84. The lowest BCUT2D eigenvalue weighted by Crippen LogP contribution is -2.26. The van der Waals surface area contributed by atoms with Crippen LogP contribution in [0.4, 0.5) is 0 Å². The molecule has 0 atom stereocenters. The fourth-order valence-electron chi connectivity index (χ4n) is 1.56. The number of rotatable bonds is 5. The molecule has 0 aromatic carbocycles. The van der Waals surface area contributed by atoms with Gasteiger partial charge in [-0.2, -0.15) is 5.26 Å². The second-order valence-electron chi connectivity index (χ2n) is 3.82. The van der Waals surface area contributed by atoms with E-state index in [1.807, 2.05) is 12.1 Å². The molecular formula is C12H10BrN3O2S2. The van der Waals surface area contributed by atoms with Gasteiger partial charge in [0.1, 0.15) is 11.0 Å². The Bertz CT molecular complexity index is 750. The number of nitriles is 1. The van der Waals surface area contributed by atoms with Gasteiger partial charge in [-0.25, -0.2) is 18.1 Å². The van der Waals surface area contributed by atoms with Crippen molar-refractivity contribution >= 4 is 37.3 Å².